The van der Waals surface area contributed by atoms with Gasteiger partial charge in [-0.3, -0.25) is 14.8 Å². The molecule has 6 nitrogen and oxygen atoms in total. The van der Waals surface area contributed by atoms with Crippen LogP contribution in [-0.4, -0.2) is 40.6 Å². The number of halogens is 1. The fourth-order valence-corrected chi connectivity index (χ4v) is 3.27. The van der Waals surface area contributed by atoms with Crippen LogP contribution < -0.4 is 5.32 Å². The Kier molecular flexibility index (Phi) is 5.14. The maximum absolute atomic E-state index is 12.3. The summed E-state index contributed by atoms with van der Waals surface area (Å²) in [4.78, 5) is 14.4. The third kappa shape index (κ3) is 3.94. The number of benzene rings is 1. The number of amides is 1. The number of hydrogen-bond acceptors (Lipinski definition) is 4. The largest absolute Gasteiger partial charge is 0.325 e. The number of piperidine rings is 1. The van der Waals surface area contributed by atoms with E-state index < -0.39 is 0 Å². The Morgan fingerprint density at radius 1 is 1.54 bits per heavy atom. The molecule has 0 aliphatic carbocycles. The van der Waals surface area contributed by atoms with Crippen LogP contribution in [0.2, 0.25) is 5.02 Å². The monoisotopic (exact) mass is 343 g/mol. The molecule has 7 heteroatoms. The standard InChI is InChI=1S/C17H18ClN5O/c18-16-6-15(4-3-12(16)7-19)22-17(24)11-23-5-1-2-13(10-23)14-8-20-21-9-14/h3-4,6,8-9,13H,1-2,5,10-11H2,(H,20,21)(H,22,24). The predicted molar refractivity (Wildman–Crippen MR) is 91.8 cm³/mol. The van der Waals surface area contributed by atoms with Crippen molar-refractivity contribution in [2.45, 2.75) is 18.8 Å². The lowest BCUT2D eigenvalue weighted by Crippen LogP contribution is -2.39. The van der Waals surface area contributed by atoms with Crippen molar-refractivity contribution >= 4 is 23.2 Å². The van der Waals surface area contributed by atoms with E-state index in [9.17, 15) is 4.79 Å². The number of rotatable bonds is 4. The molecule has 2 heterocycles. The third-order valence-electron chi connectivity index (χ3n) is 4.24. The van der Waals surface area contributed by atoms with Gasteiger partial charge in [0.05, 0.1) is 23.3 Å². The van der Waals surface area contributed by atoms with E-state index in [-0.39, 0.29) is 5.91 Å². The summed E-state index contributed by atoms with van der Waals surface area (Å²) in [6.07, 6.45) is 5.95. The number of likely N-dealkylation sites (tertiary alicyclic amines) is 1. The van der Waals surface area contributed by atoms with Gasteiger partial charge in [-0.15, -0.1) is 0 Å². The minimum atomic E-state index is -0.0800. The lowest BCUT2D eigenvalue weighted by molar-refractivity contribution is -0.117. The molecule has 2 aromatic rings. The summed E-state index contributed by atoms with van der Waals surface area (Å²) in [5.74, 6) is 0.332. The van der Waals surface area contributed by atoms with Gasteiger partial charge in [-0.25, -0.2) is 0 Å². The molecule has 0 spiro atoms. The number of H-pyrrole nitrogens is 1. The van der Waals surface area contributed by atoms with Crippen LogP contribution in [0, 0.1) is 11.3 Å². The molecule has 1 aromatic carbocycles. The topological polar surface area (TPSA) is 84.8 Å². The van der Waals surface area contributed by atoms with E-state index in [0.717, 1.165) is 25.9 Å². The highest BCUT2D eigenvalue weighted by Crippen LogP contribution is 2.26. The molecule has 0 saturated carbocycles. The summed E-state index contributed by atoms with van der Waals surface area (Å²) in [6, 6.07) is 6.89. The second-order valence-electron chi connectivity index (χ2n) is 5.96. The first-order chi connectivity index (χ1) is 11.7. The summed E-state index contributed by atoms with van der Waals surface area (Å²) in [6.45, 7) is 2.10. The number of carbonyl (C=O) groups excluding carboxylic acids is 1. The first-order valence-electron chi connectivity index (χ1n) is 7.86. The van der Waals surface area contributed by atoms with E-state index in [4.69, 9.17) is 16.9 Å². The van der Waals surface area contributed by atoms with Gasteiger partial charge in [-0.05, 0) is 49.1 Å². The Hall–Kier alpha value is -2.36. The Balaban J connectivity index is 1.56. The molecular weight excluding hydrogens is 326 g/mol. The first kappa shape index (κ1) is 16.5. The summed E-state index contributed by atoms with van der Waals surface area (Å²) < 4.78 is 0. The molecule has 24 heavy (non-hydrogen) atoms. The lowest BCUT2D eigenvalue weighted by Gasteiger charge is -2.31. The van der Waals surface area contributed by atoms with Crippen molar-refractivity contribution in [2.24, 2.45) is 0 Å². The number of anilines is 1. The van der Waals surface area contributed by atoms with Crippen LogP contribution in [0.3, 0.4) is 0 Å². The maximum atomic E-state index is 12.3. The summed E-state index contributed by atoms with van der Waals surface area (Å²) in [7, 11) is 0. The molecule has 0 bridgehead atoms. The van der Waals surface area contributed by atoms with Crippen molar-refractivity contribution in [3.63, 3.8) is 0 Å². The van der Waals surface area contributed by atoms with Gasteiger partial charge in [-0.1, -0.05) is 11.6 Å². The molecule has 124 valence electrons. The fourth-order valence-electron chi connectivity index (χ4n) is 3.04. The van der Waals surface area contributed by atoms with Gasteiger partial charge in [0.2, 0.25) is 5.91 Å². The number of aromatic nitrogens is 2. The van der Waals surface area contributed by atoms with E-state index in [0.29, 0.717) is 28.7 Å². The average molecular weight is 344 g/mol. The third-order valence-corrected chi connectivity index (χ3v) is 4.55. The van der Waals surface area contributed by atoms with Gasteiger partial charge < -0.3 is 5.32 Å². The van der Waals surface area contributed by atoms with Crippen molar-refractivity contribution in [3.8, 4) is 6.07 Å². The highest BCUT2D eigenvalue weighted by atomic mass is 35.5. The van der Waals surface area contributed by atoms with Gasteiger partial charge in [0, 0.05) is 18.4 Å². The van der Waals surface area contributed by atoms with E-state index in [2.05, 4.69) is 20.4 Å². The maximum Gasteiger partial charge on any atom is 0.238 e. The van der Waals surface area contributed by atoms with Crippen LogP contribution in [-0.2, 0) is 4.79 Å². The van der Waals surface area contributed by atoms with Crippen LogP contribution in [0.15, 0.2) is 30.6 Å². The van der Waals surface area contributed by atoms with E-state index >= 15 is 0 Å². The van der Waals surface area contributed by atoms with Crippen LogP contribution in [0.4, 0.5) is 5.69 Å². The van der Waals surface area contributed by atoms with Crippen molar-refractivity contribution in [3.05, 3.63) is 46.7 Å². The smallest absolute Gasteiger partial charge is 0.238 e. The Morgan fingerprint density at radius 2 is 2.42 bits per heavy atom. The Labute approximate surface area is 145 Å². The molecule has 1 saturated heterocycles. The minimum absolute atomic E-state index is 0.0800. The number of nitriles is 1. The van der Waals surface area contributed by atoms with Gasteiger partial charge in [0.25, 0.3) is 0 Å². The normalized spacial score (nSPS) is 18.1. The quantitative estimate of drug-likeness (QED) is 0.893. The van der Waals surface area contributed by atoms with Gasteiger partial charge >= 0.3 is 0 Å². The van der Waals surface area contributed by atoms with Gasteiger partial charge in [-0.2, -0.15) is 10.4 Å². The second kappa shape index (κ2) is 7.47. The van der Waals surface area contributed by atoms with E-state index in [1.54, 1.807) is 18.2 Å². The highest BCUT2D eigenvalue weighted by molar-refractivity contribution is 6.32. The molecule has 1 aliphatic rings. The molecular formula is C17H18ClN5O. The second-order valence-corrected chi connectivity index (χ2v) is 6.37. The zero-order chi connectivity index (χ0) is 16.9. The van der Waals surface area contributed by atoms with E-state index in [1.807, 2.05) is 18.5 Å². The minimum Gasteiger partial charge on any atom is -0.325 e. The van der Waals surface area contributed by atoms with E-state index in [1.165, 1.54) is 5.56 Å². The average Bonchev–Trinajstić information content (AvgIpc) is 3.10. The Bertz CT molecular complexity index is 753. The summed E-state index contributed by atoms with van der Waals surface area (Å²) in [5, 5.41) is 18.9. The molecule has 0 radical (unpaired) electrons. The number of hydrogen-bond donors (Lipinski definition) is 2. The molecule has 1 atom stereocenters. The Morgan fingerprint density at radius 3 is 3.12 bits per heavy atom. The van der Waals surface area contributed by atoms with Gasteiger partial charge in [0.1, 0.15) is 6.07 Å². The summed E-state index contributed by atoms with van der Waals surface area (Å²) in [5.41, 5.74) is 2.19. The SMILES string of the molecule is N#Cc1ccc(NC(=O)CN2CCCC(c3cn[nH]c3)C2)cc1Cl. The molecule has 1 amide bonds. The zero-order valence-corrected chi connectivity index (χ0v) is 13.9. The zero-order valence-electron chi connectivity index (χ0n) is 13.1. The van der Waals surface area contributed by atoms with Crippen LogP contribution in [0.25, 0.3) is 0 Å². The van der Waals surface area contributed by atoms with Crippen LogP contribution in [0.1, 0.15) is 29.9 Å². The number of aromatic amines is 1. The van der Waals surface area contributed by atoms with Crippen molar-refractivity contribution < 1.29 is 4.79 Å². The highest BCUT2D eigenvalue weighted by Gasteiger charge is 2.23. The van der Waals surface area contributed by atoms with Gasteiger partial charge in [0.15, 0.2) is 0 Å². The first-order valence-corrected chi connectivity index (χ1v) is 8.24. The number of nitrogens with one attached hydrogen (secondary N) is 2. The number of carbonyl (C=O) groups is 1. The molecule has 1 fully saturated rings. The fraction of sp³-hybridized carbons (Fsp3) is 0.353. The molecule has 1 aliphatic heterocycles. The lowest BCUT2D eigenvalue weighted by atomic mass is 9.93. The van der Waals surface area contributed by atoms with Crippen molar-refractivity contribution in [1.29, 1.82) is 5.26 Å². The van der Waals surface area contributed by atoms with Crippen molar-refractivity contribution in [1.82, 2.24) is 15.1 Å². The van der Waals surface area contributed by atoms with Crippen LogP contribution >= 0.6 is 11.6 Å². The molecule has 3 rings (SSSR count). The van der Waals surface area contributed by atoms with Crippen molar-refractivity contribution in [2.75, 3.05) is 25.0 Å². The molecule has 2 N–H and O–H groups in total. The molecule has 1 unspecified atom stereocenters. The van der Waals surface area contributed by atoms with Crippen LogP contribution in [0.5, 0.6) is 0 Å². The summed E-state index contributed by atoms with van der Waals surface area (Å²) >= 11 is 5.99. The molecule has 1 aromatic heterocycles. The predicted octanol–water partition coefficient (Wildman–Crippen LogP) is 2.75. The number of nitrogens with zero attached hydrogens (tertiary/aromatic N) is 3.